The first-order valence-corrected chi connectivity index (χ1v) is 5.08. The molecule has 72 valence electrons. The van der Waals surface area contributed by atoms with Gasteiger partial charge in [-0.25, -0.2) is 0 Å². The number of nitrogens with one attached hydrogen (secondary N) is 1. The van der Waals surface area contributed by atoms with Crippen LogP contribution < -0.4 is 5.32 Å². The van der Waals surface area contributed by atoms with E-state index in [1.165, 1.54) is 22.0 Å². The minimum absolute atomic E-state index is 0.739. The predicted molar refractivity (Wildman–Crippen MR) is 60.9 cm³/mol. The van der Waals surface area contributed by atoms with Gasteiger partial charge in [0.15, 0.2) is 0 Å². The molecule has 1 heterocycles. The molecule has 0 saturated heterocycles. The number of fused-ring (bicyclic) bond motifs is 3. The van der Waals surface area contributed by atoms with Crippen LogP contribution in [-0.4, -0.2) is 6.54 Å². The fourth-order valence-electron chi connectivity index (χ4n) is 2.21. The zero-order valence-corrected chi connectivity index (χ0v) is 8.25. The van der Waals surface area contributed by atoms with Gasteiger partial charge in [0, 0.05) is 12.2 Å². The molecule has 0 bridgehead atoms. The van der Waals surface area contributed by atoms with Crippen molar-refractivity contribution in [3.8, 4) is 6.07 Å². The van der Waals surface area contributed by atoms with E-state index in [4.69, 9.17) is 5.26 Å². The Kier molecular flexibility index (Phi) is 1.66. The summed E-state index contributed by atoms with van der Waals surface area (Å²) < 4.78 is 0. The Morgan fingerprint density at radius 1 is 1.20 bits per heavy atom. The second-order valence-electron chi connectivity index (χ2n) is 3.82. The average Bonchev–Trinajstić information content (AvgIpc) is 2.76. The Bertz CT molecular complexity index is 579. The van der Waals surface area contributed by atoms with Crippen LogP contribution in [0, 0.1) is 11.3 Å². The van der Waals surface area contributed by atoms with Gasteiger partial charge >= 0.3 is 0 Å². The number of rotatable bonds is 0. The molecule has 2 aromatic carbocycles. The van der Waals surface area contributed by atoms with E-state index in [9.17, 15) is 0 Å². The van der Waals surface area contributed by atoms with Crippen LogP contribution in [0.1, 0.15) is 11.1 Å². The summed E-state index contributed by atoms with van der Waals surface area (Å²) in [6.45, 7) is 1.01. The lowest BCUT2D eigenvalue weighted by molar-refractivity contribution is 1.11. The fraction of sp³-hybridized carbons (Fsp3) is 0.154. The van der Waals surface area contributed by atoms with E-state index in [0.717, 1.165) is 18.5 Å². The first kappa shape index (κ1) is 8.31. The fourth-order valence-corrected chi connectivity index (χ4v) is 2.21. The molecule has 0 aromatic heterocycles. The van der Waals surface area contributed by atoms with Crippen molar-refractivity contribution in [3.63, 3.8) is 0 Å². The zero-order chi connectivity index (χ0) is 10.3. The van der Waals surface area contributed by atoms with Gasteiger partial charge in [0.2, 0.25) is 0 Å². The predicted octanol–water partition coefficient (Wildman–Crippen LogP) is 2.68. The van der Waals surface area contributed by atoms with Gasteiger partial charge < -0.3 is 5.32 Å². The van der Waals surface area contributed by atoms with Crippen LogP contribution in [0.2, 0.25) is 0 Å². The Morgan fingerprint density at radius 2 is 2.07 bits per heavy atom. The molecule has 0 atom stereocenters. The number of anilines is 1. The summed E-state index contributed by atoms with van der Waals surface area (Å²) >= 11 is 0. The third kappa shape index (κ3) is 1.17. The van der Waals surface area contributed by atoms with E-state index < -0.39 is 0 Å². The number of nitriles is 1. The highest BCUT2D eigenvalue weighted by atomic mass is 14.9. The molecule has 0 fully saturated rings. The highest BCUT2D eigenvalue weighted by Crippen LogP contribution is 2.30. The minimum atomic E-state index is 0.739. The van der Waals surface area contributed by atoms with E-state index in [2.05, 4.69) is 23.5 Å². The van der Waals surface area contributed by atoms with Crippen molar-refractivity contribution in [2.24, 2.45) is 0 Å². The van der Waals surface area contributed by atoms with Gasteiger partial charge in [-0.05, 0) is 41.0 Å². The van der Waals surface area contributed by atoms with E-state index in [-0.39, 0.29) is 0 Å². The van der Waals surface area contributed by atoms with Gasteiger partial charge in [0.25, 0.3) is 0 Å². The standard InChI is InChI=1S/C13H10N2/c14-8-9-1-2-10-3-4-13-11(5-6-15-13)12(10)7-9/h1-4,7,15H,5-6H2. The molecule has 0 amide bonds. The molecule has 15 heavy (non-hydrogen) atoms. The molecule has 1 aliphatic heterocycles. The van der Waals surface area contributed by atoms with E-state index >= 15 is 0 Å². The molecule has 3 rings (SSSR count). The van der Waals surface area contributed by atoms with Crippen molar-refractivity contribution < 1.29 is 0 Å². The summed E-state index contributed by atoms with van der Waals surface area (Å²) in [5, 5.41) is 14.7. The van der Waals surface area contributed by atoms with Gasteiger partial charge in [-0.2, -0.15) is 5.26 Å². The second kappa shape index (κ2) is 2.99. The van der Waals surface area contributed by atoms with Crippen LogP contribution in [0.5, 0.6) is 0 Å². The Morgan fingerprint density at radius 3 is 2.93 bits per heavy atom. The lowest BCUT2D eigenvalue weighted by atomic mass is 10.0. The Hall–Kier alpha value is -2.01. The number of benzene rings is 2. The van der Waals surface area contributed by atoms with Crippen molar-refractivity contribution in [3.05, 3.63) is 41.5 Å². The molecule has 1 aliphatic rings. The second-order valence-corrected chi connectivity index (χ2v) is 3.82. The Balaban J connectivity index is 2.38. The third-order valence-corrected chi connectivity index (χ3v) is 2.95. The average molecular weight is 194 g/mol. The summed E-state index contributed by atoms with van der Waals surface area (Å²) in [6.07, 6.45) is 1.06. The van der Waals surface area contributed by atoms with E-state index in [1.54, 1.807) is 0 Å². The van der Waals surface area contributed by atoms with Crippen LogP contribution in [0.15, 0.2) is 30.3 Å². The highest BCUT2D eigenvalue weighted by Gasteiger charge is 2.12. The summed E-state index contributed by atoms with van der Waals surface area (Å²) in [4.78, 5) is 0. The lowest BCUT2D eigenvalue weighted by Gasteiger charge is -2.04. The summed E-state index contributed by atoms with van der Waals surface area (Å²) in [5.74, 6) is 0. The SMILES string of the molecule is N#Cc1ccc2ccc3c(c2c1)CCN3. The van der Waals surface area contributed by atoms with E-state index in [1.807, 2.05) is 18.2 Å². The van der Waals surface area contributed by atoms with Crippen LogP contribution in [-0.2, 0) is 6.42 Å². The molecule has 0 spiro atoms. The van der Waals surface area contributed by atoms with Crippen molar-refractivity contribution in [2.75, 3.05) is 11.9 Å². The normalized spacial score (nSPS) is 13.3. The molecular formula is C13H10N2. The first-order valence-electron chi connectivity index (χ1n) is 5.08. The molecule has 0 saturated carbocycles. The minimum Gasteiger partial charge on any atom is -0.384 e. The van der Waals surface area contributed by atoms with Crippen LogP contribution in [0.4, 0.5) is 5.69 Å². The number of nitrogens with zero attached hydrogens (tertiary/aromatic N) is 1. The topological polar surface area (TPSA) is 35.8 Å². The first-order chi connectivity index (χ1) is 7.38. The van der Waals surface area contributed by atoms with Crippen molar-refractivity contribution in [2.45, 2.75) is 6.42 Å². The highest BCUT2D eigenvalue weighted by molar-refractivity contribution is 5.92. The monoisotopic (exact) mass is 194 g/mol. The molecule has 0 unspecified atom stereocenters. The molecular weight excluding hydrogens is 184 g/mol. The molecule has 0 aliphatic carbocycles. The lowest BCUT2D eigenvalue weighted by Crippen LogP contribution is -1.90. The molecule has 2 nitrogen and oxygen atoms in total. The van der Waals surface area contributed by atoms with Gasteiger partial charge in [-0.3, -0.25) is 0 Å². The maximum Gasteiger partial charge on any atom is 0.0991 e. The van der Waals surface area contributed by atoms with Crippen LogP contribution in [0.3, 0.4) is 0 Å². The quantitative estimate of drug-likeness (QED) is 0.699. The van der Waals surface area contributed by atoms with Gasteiger partial charge in [0.05, 0.1) is 11.6 Å². The number of hydrogen-bond donors (Lipinski definition) is 1. The maximum atomic E-state index is 8.88. The molecule has 2 heteroatoms. The summed E-state index contributed by atoms with van der Waals surface area (Å²) in [5.41, 5.74) is 3.31. The van der Waals surface area contributed by atoms with Crippen LogP contribution in [0.25, 0.3) is 10.8 Å². The third-order valence-electron chi connectivity index (χ3n) is 2.95. The molecule has 0 radical (unpaired) electrons. The number of hydrogen-bond acceptors (Lipinski definition) is 2. The molecule has 1 N–H and O–H groups in total. The van der Waals surface area contributed by atoms with Crippen molar-refractivity contribution >= 4 is 16.5 Å². The Labute approximate surface area is 88.1 Å². The van der Waals surface area contributed by atoms with Gasteiger partial charge in [-0.1, -0.05) is 12.1 Å². The van der Waals surface area contributed by atoms with E-state index in [0.29, 0.717) is 0 Å². The summed E-state index contributed by atoms with van der Waals surface area (Å²) in [6, 6.07) is 12.3. The van der Waals surface area contributed by atoms with Crippen molar-refractivity contribution in [1.29, 1.82) is 5.26 Å². The largest absolute Gasteiger partial charge is 0.384 e. The maximum absolute atomic E-state index is 8.88. The molecule has 2 aromatic rings. The van der Waals surface area contributed by atoms with Gasteiger partial charge in [-0.15, -0.1) is 0 Å². The van der Waals surface area contributed by atoms with Crippen LogP contribution >= 0.6 is 0 Å². The summed E-state index contributed by atoms with van der Waals surface area (Å²) in [7, 11) is 0. The van der Waals surface area contributed by atoms with Crippen molar-refractivity contribution in [1.82, 2.24) is 0 Å². The smallest absolute Gasteiger partial charge is 0.0991 e. The van der Waals surface area contributed by atoms with Gasteiger partial charge in [0.1, 0.15) is 0 Å². The zero-order valence-electron chi connectivity index (χ0n) is 8.25.